The molecule has 1 aromatic carbocycles. The summed E-state index contributed by atoms with van der Waals surface area (Å²) < 4.78 is 7.40. The third-order valence-electron chi connectivity index (χ3n) is 5.43. The van der Waals surface area contributed by atoms with Crippen LogP contribution in [0.2, 0.25) is 0 Å². The van der Waals surface area contributed by atoms with Crippen LogP contribution in [0.4, 0.5) is 5.82 Å². The molecule has 0 saturated carbocycles. The summed E-state index contributed by atoms with van der Waals surface area (Å²) in [6.07, 6.45) is 2.32. The molecule has 1 amide bonds. The van der Waals surface area contributed by atoms with Gasteiger partial charge in [0.25, 0.3) is 5.91 Å². The number of nitrogens with one attached hydrogen (secondary N) is 1. The van der Waals surface area contributed by atoms with Crippen molar-refractivity contribution in [2.24, 2.45) is 0 Å². The molecule has 5 rings (SSSR count). The molecule has 162 valence electrons. The van der Waals surface area contributed by atoms with Crippen LogP contribution < -0.4 is 10.1 Å². The van der Waals surface area contributed by atoms with E-state index in [0.29, 0.717) is 29.3 Å². The molecule has 0 bridgehead atoms. The van der Waals surface area contributed by atoms with E-state index in [9.17, 15) is 9.90 Å². The first-order chi connectivity index (χ1) is 15.3. The highest BCUT2D eigenvalue weighted by Crippen LogP contribution is 2.31. The summed E-state index contributed by atoms with van der Waals surface area (Å²) >= 11 is 0. The van der Waals surface area contributed by atoms with E-state index in [2.05, 4.69) is 26.4 Å². The van der Waals surface area contributed by atoms with Crippen LogP contribution in [0, 0.1) is 6.92 Å². The number of carbonyl (C=O) groups excluding carboxylic acids is 1. The van der Waals surface area contributed by atoms with E-state index in [0.717, 1.165) is 34.7 Å². The predicted octanol–water partition coefficient (Wildman–Crippen LogP) is 3.51. The zero-order chi connectivity index (χ0) is 22.5. The number of nitrogens with zero attached hydrogens (tertiary/aromatic N) is 4. The number of aryl methyl sites for hydroxylation is 1. The molecule has 0 fully saturated rings. The van der Waals surface area contributed by atoms with Crippen LogP contribution in [0.3, 0.4) is 0 Å². The minimum atomic E-state index is -1.07. The van der Waals surface area contributed by atoms with Crippen molar-refractivity contribution in [1.29, 1.82) is 0 Å². The van der Waals surface area contributed by atoms with Crippen LogP contribution in [-0.4, -0.2) is 37.2 Å². The van der Waals surface area contributed by atoms with Gasteiger partial charge in [-0.1, -0.05) is 0 Å². The monoisotopic (exact) mass is 429 g/mol. The fourth-order valence-electron chi connectivity index (χ4n) is 3.78. The Kier molecular flexibility index (Phi) is 4.67. The van der Waals surface area contributed by atoms with E-state index in [1.807, 2.05) is 31.2 Å². The minimum absolute atomic E-state index is 0.332. The summed E-state index contributed by atoms with van der Waals surface area (Å²) in [7, 11) is 0. The second-order valence-corrected chi connectivity index (χ2v) is 8.45. The molecular weight excluding hydrogens is 406 g/mol. The summed E-state index contributed by atoms with van der Waals surface area (Å²) in [6, 6.07) is 13.0. The van der Waals surface area contributed by atoms with E-state index in [4.69, 9.17) is 4.74 Å². The fourth-order valence-corrected chi connectivity index (χ4v) is 3.78. The molecule has 0 saturated heterocycles. The molecule has 0 atom stereocenters. The molecule has 0 unspecified atom stereocenters. The summed E-state index contributed by atoms with van der Waals surface area (Å²) in [4.78, 5) is 21.6. The van der Waals surface area contributed by atoms with Gasteiger partial charge in [0.2, 0.25) is 0 Å². The van der Waals surface area contributed by atoms with Gasteiger partial charge in [-0.05, 0) is 56.7 Å². The average molecular weight is 429 g/mol. The molecule has 3 aromatic heterocycles. The Bertz CT molecular complexity index is 1340. The van der Waals surface area contributed by atoms with Gasteiger partial charge in [-0.25, -0.2) is 9.50 Å². The maximum atomic E-state index is 12.8. The number of hydrogen-bond donors (Lipinski definition) is 2. The number of aromatic nitrogens is 4. The van der Waals surface area contributed by atoms with E-state index < -0.39 is 5.60 Å². The van der Waals surface area contributed by atoms with Gasteiger partial charge in [0, 0.05) is 30.3 Å². The van der Waals surface area contributed by atoms with Crippen LogP contribution in [0.25, 0.3) is 16.9 Å². The van der Waals surface area contributed by atoms with Gasteiger partial charge in [-0.3, -0.25) is 9.78 Å². The number of fused-ring (bicyclic) bond motifs is 2. The maximum absolute atomic E-state index is 12.8. The number of ether oxygens (including phenoxy) is 1. The Morgan fingerprint density at radius 3 is 2.78 bits per heavy atom. The molecule has 0 spiro atoms. The number of aliphatic hydroxyl groups is 1. The first-order valence-electron chi connectivity index (χ1n) is 10.4. The van der Waals surface area contributed by atoms with Crippen molar-refractivity contribution in [3.8, 4) is 17.0 Å². The second kappa shape index (κ2) is 7.42. The Balaban J connectivity index is 1.50. The molecule has 2 N–H and O–H groups in total. The van der Waals surface area contributed by atoms with Gasteiger partial charge in [0.1, 0.15) is 17.2 Å². The number of rotatable bonds is 4. The fraction of sp³-hybridized carbons (Fsp3) is 0.250. The molecule has 4 heterocycles. The maximum Gasteiger partial charge on any atom is 0.258 e. The van der Waals surface area contributed by atoms with Gasteiger partial charge >= 0.3 is 0 Å². The van der Waals surface area contributed by atoms with Crippen molar-refractivity contribution in [2.75, 3.05) is 11.9 Å². The average Bonchev–Trinajstić information content (AvgIpc) is 3.37. The number of pyridine rings is 1. The summed E-state index contributed by atoms with van der Waals surface area (Å²) in [5.74, 6) is 0.994. The van der Waals surface area contributed by atoms with Crippen LogP contribution in [-0.2, 0) is 12.0 Å². The van der Waals surface area contributed by atoms with E-state index in [1.165, 1.54) is 6.20 Å². The lowest BCUT2D eigenvalue weighted by molar-refractivity contribution is 0.0737. The Hall–Kier alpha value is -3.78. The number of anilines is 1. The molecule has 8 heteroatoms. The first-order valence-corrected chi connectivity index (χ1v) is 10.4. The quantitative estimate of drug-likeness (QED) is 0.515. The number of benzene rings is 1. The highest BCUT2D eigenvalue weighted by molar-refractivity contribution is 6.03. The van der Waals surface area contributed by atoms with Crippen molar-refractivity contribution in [3.05, 3.63) is 71.2 Å². The zero-order valence-corrected chi connectivity index (χ0v) is 18.1. The highest BCUT2D eigenvalue weighted by atomic mass is 16.5. The number of amides is 1. The van der Waals surface area contributed by atoms with Gasteiger partial charge < -0.3 is 15.2 Å². The van der Waals surface area contributed by atoms with Gasteiger partial charge in [0.15, 0.2) is 5.65 Å². The largest absolute Gasteiger partial charge is 0.493 e. The Morgan fingerprint density at radius 1 is 1.19 bits per heavy atom. The van der Waals surface area contributed by atoms with Crippen molar-refractivity contribution < 1.29 is 14.6 Å². The molecule has 8 nitrogen and oxygen atoms in total. The van der Waals surface area contributed by atoms with E-state index >= 15 is 0 Å². The normalized spacial score (nSPS) is 13.1. The number of hydrogen-bond acceptors (Lipinski definition) is 6. The molecule has 1 aliphatic rings. The minimum Gasteiger partial charge on any atom is -0.493 e. The van der Waals surface area contributed by atoms with Crippen LogP contribution in [0.5, 0.6) is 5.75 Å². The SMILES string of the molecule is Cc1cc2nc(NC(=O)c3ccc(C(C)(C)O)nc3)cc(-c3ccc4c(c3)CCO4)n2n1. The summed E-state index contributed by atoms with van der Waals surface area (Å²) in [5, 5.41) is 17.5. The standard InChI is InChI=1S/C24H23N5O3/c1-14-10-22-26-21(27-23(30)17-5-7-20(25-13-17)24(2,3)31)12-18(29(22)28-14)15-4-6-19-16(11-15)8-9-32-19/h4-7,10-13,31H,8-9H2,1-3H3,(H,26,27,30). The number of carbonyl (C=O) groups is 1. The third kappa shape index (κ3) is 3.69. The van der Waals surface area contributed by atoms with Crippen molar-refractivity contribution >= 4 is 17.4 Å². The van der Waals surface area contributed by atoms with Gasteiger partial charge in [-0.2, -0.15) is 5.10 Å². The van der Waals surface area contributed by atoms with Crippen molar-refractivity contribution in [1.82, 2.24) is 19.6 Å². The highest BCUT2D eigenvalue weighted by Gasteiger charge is 2.19. The topological polar surface area (TPSA) is 102 Å². The molecule has 0 radical (unpaired) electrons. The molecule has 4 aromatic rings. The third-order valence-corrected chi connectivity index (χ3v) is 5.43. The molecule has 32 heavy (non-hydrogen) atoms. The van der Waals surface area contributed by atoms with E-state index in [-0.39, 0.29) is 5.91 Å². The van der Waals surface area contributed by atoms with Gasteiger partial charge in [-0.15, -0.1) is 0 Å². The molecule has 0 aliphatic carbocycles. The summed E-state index contributed by atoms with van der Waals surface area (Å²) in [6.45, 7) is 5.89. The van der Waals surface area contributed by atoms with E-state index in [1.54, 1.807) is 30.5 Å². The lowest BCUT2D eigenvalue weighted by atomic mass is 10.0. The smallest absolute Gasteiger partial charge is 0.258 e. The lowest BCUT2D eigenvalue weighted by Crippen LogP contribution is -2.19. The molecular formula is C24H23N5O3. The predicted molar refractivity (Wildman–Crippen MR) is 120 cm³/mol. The lowest BCUT2D eigenvalue weighted by Gasteiger charge is -2.16. The van der Waals surface area contributed by atoms with Crippen LogP contribution in [0.1, 0.15) is 41.2 Å². The Morgan fingerprint density at radius 2 is 2.03 bits per heavy atom. The zero-order valence-electron chi connectivity index (χ0n) is 18.1. The molecule has 1 aliphatic heterocycles. The van der Waals surface area contributed by atoms with Crippen molar-refractivity contribution in [2.45, 2.75) is 32.8 Å². The van der Waals surface area contributed by atoms with Crippen LogP contribution in [0.15, 0.2) is 48.7 Å². The summed E-state index contributed by atoms with van der Waals surface area (Å²) in [5.41, 5.74) is 4.21. The second-order valence-electron chi connectivity index (χ2n) is 8.45. The Labute approximate surface area is 184 Å². The van der Waals surface area contributed by atoms with Crippen LogP contribution >= 0.6 is 0 Å². The van der Waals surface area contributed by atoms with Crippen molar-refractivity contribution in [3.63, 3.8) is 0 Å². The van der Waals surface area contributed by atoms with Gasteiger partial charge in [0.05, 0.1) is 29.3 Å². The first kappa shape index (κ1) is 20.1.